The molecule has 0 saturated heterocycles. The monoisotopic (exact) mass is 288 g/mol. The van der Waals surface area contributed by atoms with E-state index in [1.807, 2.05) is 0 Å². The molecular weight excluding hydrogens is 264 g/mol. The van der Waals surface area contributed by atoms with E-state index in [2.05, 4.69) is 13.8 Å². The van der Waals surface area contributed by atoms with Gasteiger partial charge in [0.05, 0.1) is 6.61 Å². The van der Waals surface area contributed by atoms with Gasteiger partial charge in [-0.15, -0.1) is 0 Å². The molecule has 1 aromatic carbocycles. The summed E-state index contributed by atoms with van der Waals surface area (Å²) in [6.45, 7) is 4.78. The van der Waals surface area contributed by atoms with Crippen molar-refractivity contribution in [2.45, 2.75) is 39.5 Å². The Morgan fingerprint density at radius 3 is 2.43 bits per heavy atom. The smallest absolute Gasteiger partial charge is 0.330 e. The fourth-order valence-corrected chi connectivity index (χ4v) is 2.00. The van der Waals surface area contributed by atoms with Crippen molar-refractivity contribution < 1.29 is 14.3 Å². The van der Waals surface area contributed by atoms with E-state index < -0.39 is 0 Å². The highest BCUT2D eigenvalue weighted by Crippen LogP contribution is 2.13. The minimum absolute atomic E-state index is 0.315. The average molecular weight is 288 g/mol. The number of hydrogen-bond acceptors (Lipinski definition) is 3. The zero-order chi connectivity index (χ0) is 15.5. The molecule has 3 heteroatoms. The number of carbonyl (C=O) groups is 2. The van der Waals surface area contributed by atoms with Gasteiger partial charge in [0.15, 0.2) is 0 Å². The number of ether oxygens (including phenoxy) is 1. The second-order valence-electron chi connectivity index (χ2n) is 5.16. The summed E-state index contributed by atoms with van der Waals surface area (Å²) in [6, 6.07) is 7.03. The molecular formula is C18H24O3. The van der Waals surface area contributed by atoms with Crippen molar-refractivity contribution in [3.05, 3.63) is 41.5 Å². The number of unbranched alkanes of at least 4 members (excludes halogenated alkanes) is 1. The predicted octanol–water partition coefficient (Wildman–Crippen LogP) is 4.27. The van der Waals surface area contributed by atoms with Gasteiger partial charge in [-0.05, 0) is 24.0 Å². The molecule has 0 amide bonds. The van der Waals surface area contributed by atoms with Crippen LogP contribution in [-0.4, -0.2) is 18.9 Å². The standard InChI is InChI=1S/C18H24O3/c1-3-5-6-15(4-2)14-21-18(20)12-11-16-7-9-17(13-19)10-8-16/h7-13,15H,3-6,14H2,1-2H3/b12-11+. The first kappa shape index (κ1) is 17.2. The van der Waals surface area contributed by atoms with Crippen LogP contribution in [0, 0.1) is 5.92 Å². The lowest BCUT2D eigenvalue weighted by Crippen LogP contribution is -2.12. The second-order valence-corrected chi connectivity index (χ2v) is 5.16. The molecule has 0 aliphatic carbocycles. The minimum Gasteiger partial charge on any atom is -0.462 e. The molecule has 0 saturated carbocycles. The Morgan fingerprint density at radius 2 is 1.86 bits per heavy atom. The molecule has 0 radical (unpaired) electrons. The first-order valence-corrected chi connectivity index (χ1v) is 7.59. The quantitative estimate of drug-likeness (QED) is 0.387. The minimum atomic E-state index is -0.315. The third-order valence-corrected chi connectivity index (χ3v) is 3.49. The predicted molar refractivity (Wildman–Crippen MR) is 85.1 cm³/mol. The highest BCUT2D eigenvalue weighted by atomic mass is 16.5. The number of aldehydes is 1. The lowest BCUT2D eigenvalue weighted by atomic mass is 10.0. The van der Waals surface area contributed by atoms with E-state index in [-0.39, 0.29) is 5.97 Å². The van der Waals surface area contributed by atoms with Gasteiger partial charge >= 0.3 is 5.97 Å². The fraction of sp³-hybridized carbons (Fsp3) is 0.444. The Bertz CT molecular complexity index is 460. The Balaban J connectivity index is 2.41. The van der Waals surface area contributed by atoms with Gasteiger partial charge in [0.25, 0.3) is 0 Å². The van der Waals surface area contributed by atoms with Gasteiger partial charge in [-0.3, -0.25) is 4.79 Å². The molecule has 0 bridgehead atoms. The number of benzene rings is 1. The second kappa shape index (κ2) is 9.92. The summed E-state index contributed by atoms with van der Waals surface area (Å²) in [6.07, 6.45) is 8.41. The SMILES string of the molecule is CCCCC(CC)COC(=O)/C=C/c1ccc(C=O)cc1. The molecule has 0 N–H and O–H groups in total. The number of rotatable bonds is 9. The maximum Gasteiger partial charge on any atom is 0.330 e. The summed E-state index contributed by atoms with van der Waals surface area (Å²) in [5, 5.41) is 0. The van der Waals surface area contributed by atoms with Crippen LogP contribution < -0.4 is 0 Å². The number of esters is 1. The van der Waals surface area contributed by atoms with Crippen LogP contribution in [0.5, 0.6) is 0 Å². The molecule has 1 unspecified atom stereocenters. The first-order valence-electron chi connectivity index (χ1n) is 7.59. The highest BCUT2D eigenvalue weighted by molar-refractivity contribution is 5.87. The largest absolute Gasteiger partial charge is 0.462 e. The van der Waals surface area contributed by atoms with Crippen molar-refractivity contribution in [2.24, 2.45) is 5.92 Å². The van der Waals surface area contributed by atoms with Crippen molar-refractivity contribution in [2.75, 3.05) is 6.61 Å². The number of carbonyl (C=O) groups excluding carboxylic acids is 2. The third-order valence-electron chi connectivity index (χ3n) is 3.49. The van der Waals surface area contributed by atoms with E-state index >= 15 is 0 Å². The van der Waals surface area contributed by atoms with Crippen LogP contribution in [0.2, 0.25) is 0 Å². The summed E-state index contributed by atoms with van der Waals surface area (Å²) in [5.74, 6) is 0.138. The van der Waals surface area contributed by atoms with E-state index in [9.17, 15) is 9.59 Å². The number of hydrogen-bond donors (Lipinski definition) is 0. The summed E-state index contributed by atoms with van der Waals surface area (Å²) < 4.78 is 5.28. The normalized spacial score (nSPS) is 12.3. The van der Waals surface area contributed by atoms with Crippen molar-refractivity contribution in [3.8, 4) is 0 Å². The fourth-order valence-electron chi connectivity index (χ4n) is 2.00. The molecule has 0 aromatic heterocycles. The highest BCUT2D eigenvalue weighted by Gasteiger charge is 2.08. The van der Waals surface area contributed by atoms with Gasteiger partial charge < -0.3 is 4.74 Å². The zero-order valence-corrected chi connectivity index (χ0v) is 12.9. The van der Waals surface area contributed by atoms with E-state index in [0.717, 1.165) is 24.7 Å². The lowest BCUT2D eigenvalue weighted by Gasteiger charge is -2.13. The van der Waals surface area contributed by atoms with Crippen LogP contribution in [0.1, 0.15) is 55.5 Å². The van der Waals surface area contributed by atoms with Gasteiger partial charge in [0.1, 0.15) is 6.29 Å². The zero-order valence-electron chi connectivity index (χ0n) is 12.9. The molecule has 1 aromatic rings. The third kappa shape index (κ3) is 6.89. The molecule has 0 heterocycles. The van der Waals surface area contributed by atoms with Crippen LogP contribution in [0.4, 0.5) is 0 Å². The molecule has 114 valence electrons. The Kier molecular flexibility index (Phi) is 8.10. The van der Waals surface area contributed by atoms with Gasteiger partial charge in [0, 0.05) is 11.6 Å². The van der Waals surface area contributed by atoms with Crippen molar-refractivity contribution in [3.63, 3.8) is 0 Å². The van der Waals surface area contributed by atoms with Crippen molar-refractivity contribution in [1.82, 2.24) is 0 Å². The Labute approximate surface area is 127 Å². The van der Waals surface area contributed by atoms with Gasteiger partial charge in [-0.1, -0.05) is 57.4 Å². The van der Waals surface area contributed by atoms with Crippen LogP contribution in [-0.2, 0) is 9.53 Å². The van der Waals surface area contributed by atoms with Crippen LogP contribution >= 0.6 is 0 Å². The Morgan fingerprint density at radius 1 is 1.19 bits per heavy atom. The van der Waals surface area contributed by atoms with Gasteiger partial charge in [0.2, 0.25) is 0 Å². The molecule has 0 aliphatic rings. The molecule has 3 nitrogen and oxygen atoms in total. The summed E-state index contributed by atoms with van der Waals surface area (Å²) in [7, 11) is 0. The topological polar surface area (TPSA) is 43.4 Å². The van der Waals surface area contributed by atoms with E-state index in [0.29, 0.717) is 18.1 Å². The van der Waals surface area contributed by atoms with E-state index in [4.69, 9.17) is 4.74 Å². The summed E-state index contributed by atoms with van der Waals surface area (Å²) in [5.41, 5.74) is 1.49. The van der Waals surface area contributed by atoms with E-state index in [1.54, 1.807) is 30.3 Å². The van der Waals surface area contributed by atoms with Gasteiger partial charge in [-0.25, -0.2) is 4.79 Å². The summed E-state index contributed by atoms with van der Waals surface area (Å²) in [4.78, 5) is 22.2. The molecule has 0 fully saturated rings. The molecule has 1 atom stereocenters. The van der Waals surface area contributed by atoms with Crippen LogP contribution in [0.15, 0.2) is 30.3 Å². The maximum atomic E-state index is 11.7. The molecule has 1 rings (SSSR count). The molecule has 21 heavy (non-hydrogen) atoms. The molecule has 0 spiro atoms. The summed E-state index contributed by atoms with van der Waals surface area (Å²) >= 11 is 0. The van der Waals surface area contributed by atoms with E-state index in [1.165, 1.54) is 18.9 Å². The molecule has 0 aliphatic heterocycles. The average Bonchev–Trinajstić information content (AvgIpc) is 2.53. The first-order chi connectivity index (χ1) is 10.2. The van der Waals surface area contributed by atoms with Crippen molar-refractivity contribution in [1.29, 1.82) is 0 Å². The van der Waals surface area contributed by atoms with Crippen molar-refractivity contribution >= 4 is 18.3 Å². The maximum absolute atomic E-state index is 11.7. The van der Waals surface area contributed by atoms with Crippen LogP contribution in [0.25, 0.3) is 6.08 Å². The van der Waals surface area contributed by atoms with Crippen LogP contribution in [0.3, 0.4) is 0 Å². The van der Waals surface area contributed by atoms with Gasteiger partial charge in [-0.2, -0.15) is 0 Å². The lowest BCUT2D eigenvalue weighted by molar-refractivity contribution is -0.139. The Hall–Kier alpha value is -1.90.